The van der Waals surface area contributed by atoms with Crippen LogP contribution < -0.4 is 0 Å². The summed E-state index contributed by atoms with van der Waals surface area (Å²) in [6, 6.07) is 0. The molecular formula is C10H17NO4. The van der Waals surface area contributed by atoms with Crippen molar-refractivity contribution in [3.8, 4) is 0 Å². The second kappa shape index (κ2) is 6.06. The van der Waals surface area contributed by atoms with Crippen molar-refractivity contribution in [1.29, 1.82) is 0 Å². The smallest absolute Gasteiger partial charge is 0.409 e. The van der Waals surface area contributed by atoms with Gasteiger partial charge < -0.3 is 14.4 Å². The maximum Gasteiger partial charge on any atom is 0.409 e. The number of esters is 1. The van der Waals surface area contributed by atoms with Crippen LogP contribution in [0.3, 0.4) is 0 Å². The lowest BCUT2D eigenvalue weighted by molar-refractivity contribution is -0.145. The number of ether oxygens (including phenoxy) is 2. The van der Waals surface area contributed by atoms with Crippen molar-refractivity contribution in [2.24, 2.45) is 0 Å². The minimum atomic E-state index is -0.483. The van der Waals surface area contributed by atoms with Gasteiger partial charge in [-0.25, -0.2) is 9.59 Å². The molecule has 0 rings (SSSR count). The van der Waals surface area contributed by atoms with E-state index in [0.29, 0.717) is 5.57 Å². The summed E-state index contributed by atoms with van der Waals surface area (Å²) in [6.45, 7) is 6.68. The Kier molecular flexibility index (Phi) is 5.44. The Hall–Kier alpha value is -1.52. The fourth-order valence-electron chi connectivity index (χ4n) is 0.635. The number of carbonyl (C=O) groups is 2. The Balaban J connectivity index is 3.85. The lowest BCUT2D eigenvalue weighted by atomic mass is 10.3. The van der Waals surface area contributed by atoms with E-state index in [0.717, 1.165) is 0 Å². The second-order valence-corrected chi connectivity index (χ2v) is 3.47. The van der Waals surface area contributed by atoms with Crippen LogP contribution in [-0.2, 0) is 14.3 Å². The van der Waals surface area contributed by atoms with Gasteiger partial charge in [0.2, 0.25) is 0 Å². The average Bonchev–Trinajstić information content (AvgIpc) is 2.13. The number of hydrogen-bond donors (Lipinski definition) is 0. The van der Waals surface area contributed by atoms with Crippen LogP contribution in [0.2, 0.25) is 0 Å². The molecule has 0 N–H and O–H groups in total. The monoisotopic (exact) mass is 215 g/mol. The van der Waals surface area contributed by atoms with Crippen LogP contribution in [0.15, 0.2) is 12.2 Å². The first kappa shape index (κ1) is 13.5. The summed E-state index contributed by atoms with van der Waals surface area (Å²) in [5.74, 6) is -0.483. The molecule has 5 nitrogen and oxygen atoms in total. The minimum Gasteiger partial charge on any atom is -0.456 e. The van der Waals surface area contributed by atoms with Crippen LogP contribution >= 0.6 is 0 Å². The highest BCUT2D eigenvalue weighted by Gasteiger charge is 2.13. The molecule has 1 atom stereocenters. The lowest BCUT2D eigenvalue weighted by Gasteiger charge is -2.15. The molecule has 0 aliphatic rings. The number of rotatable bonds is 4. The molecule has 0 aromatic heterocycles. The molecule has 0 spiro atoms. The summed E-state index contributed by atoms with van der Waals surface area (Å²) in [6.07, 6.45) is -0.939. The highest BCUT2D eigenvalue weighted by molar-refractivity contribution is 5.87. The molecule has 0 radical (unpaired) electrons. The van der Waals surface area contributed by atoms with Gasteiger partial charge in [0.15, 0.2) is 0 Å². The molecule has 86 valence electrons. The molecule has 0 fully saturated rings. The van der Waals surface area contributed by atoms with Gasteiger partial charge in [-0.2, -0.15) is 0 Å². The fourth-order valence-corrected chi connectivity index (χ4v) is 0.635. The van der Waals surface area contributed by atoms with Crippen LogP contribution in [0, 0.1) is 0 Å². The van der Waals surface area contributed by atoms with Crippen molar-refractivity contribution in [2.45, 2.75) is 20.0 Å². The molecule has 0 saturated carbocycles. The topological polar surface area (TPSA) is 55.8 Å². The van der Waals surface area contributed by atoms with Crippen molar-refractivity contribution in [2.75, 3.05) is 20.7 Å². The fraction of sp³-hybridized carbons (Fsp3) is 0.600. The van der Waals surface area contributed by atoms with Gasteiger partial charge in [-0.3, -0.25) is 0 Å². The van der Waals surface area contributed by atoms with Gasteiger partial charge in [0.05, 0.1) is 0 Å². The van der Waals surface area contributed by atoms with E-state index in [1.165, 1.54) is 4.90 Å². The molecule has 0 bridgehead atoms. The number of amides is 1. The van der Waals surface area contributed by atoms with Gasteiger partial charge in [0.1, 0.15) is 12.7 Å². The van der Waals surface area contributed by atoms with E-state index in [2.05, 4.69) is 6.58 Å². The van der Waals surface area contributed by atoms with E-state index in [1.54, 1.807) is 27.9 Å². The van der Waals surface area contributed by atoms with Crippen molar-refractivity contribution in [3.05, 3.63) is 12.2 Å². The van der Waals surface area contributed by atoms with Crippen LogP contribution in [0.25, 0.3) is 0 Å². The van der Waals surface area contributed by atoms with Gasteiger partial charge in [-0.1, -0.05) is 6.58 Å². The minimum absolute atomic E-state index is 0.0377. The van der Waals surface area contributed by atoms with Gasteiger partial charge >= 0.3 is 12.1 Å². The first-order chi connectivity index (χ1) is 6.84. The zero-order valence-corrected chi connectivity index (χ0v) is 9.57. The summed E-state index contributed by atoms with van der Waals surface area (Å²) in [7, 11) is 3.15. The molecule has 0 saturated heterocycles. The van der Waals surface area contributed by atoms with E-state index in [1.807, 2.05) is 0 Å². The molecule has 0 aromatic carbocycles. The van der Waals surface area contributed by atoms with Crippen molar-refractivity contribution in [3.63, 3.8) is 0 Å². The maximum absolute atomic E-state index is 11.1. The highest BCUT2D eigenvalue weighted by atomic mass is 16.6. The van der Waals surface area contributed by atoms with Gasteiger partial charge in [0.25, 0.3) is 0 Å². The van der Waals surface area contributed by atoms with Crippen molar-refractivity contribution in [1.82, 2.24) is 4.90 Å². The van der Waals surface area contributed by atoms with E-state index < -0.39 is 18.2 Å². The Morgan fingerprint density at radius 3 is 2.33 bits per heavy atom. The summed E-state index contributed by atoms with van der Waals surface area (Å²) >= 11 is 0. The predicted molar refractivity (Wildman–Crippen MR) is 55.4 cm³/mol. The normalized spacial score (nSPS) is 11.5. The van der Waals surface area contributed by atoms with E-state index in [4.69, 9.17) is 9.47 Å². The van der Waals surface area contributed by atoms with E-state index in [-0.39, 0.29) is 6.61 Å². The first-order valence-corrected chi connectivity index (χ1v) is 4.55. The Bertz CT molecular complexity index is 260. The summed E-state index contributed by atoms with van der Waals surface area (Å²) in [5.41, 5.74) is 0.320. The third kappa shape index (κ3) is 5.72. The number of carbonyl (C=O) groups excluding carboxylic acids is 2. The first-order valence-electron chi connectivity index (χ1n) is 4.55. The van der Waals surface area contributed by atoms with Crippen LogP contribution in [-0.4, -0.2) is 43.8 Å². The van der Waals surface area contributed by atoms with Gasteiger partial charge in [-0.15, -0.1) is 0 Å². The zero-order valence-electron chi connectivity index (χ0n) is 9.57. The predicted octanol–water partition coefficient (Wildman–Crippen LogP) is 1.19. The van der Waals surface area contributed by atoms with E-state index in [9.17, 15) is 9.59 Å². The highest BCUT2D eigenvalue weighted by Crippen LogP contribution is 1.99. The zero-order chi connectivity index (χ0) is 12.0. The van der Waals surface area contributed by atoms with Crippen LogP contribution in [0.5, 0.6) is 0 Å². The third-order valence-electron chi connectivity index (χ3n) is 1.46. The largest absolute Gasteiger partial charge is 0.456 e. The molecule has 1 amide bonds. The van der Waals surface area contributed by atoms with Crippen LogP contribution in [0.1, 0.15) is 13.8 Å². The SMILES string of the molecule is C=C(C)C(=O)OC(C)COC(=O)N(C)C. The molecule has 0 aliphatic heterocycles. The molecule has 1 unspecified atom stereocenters. The Labute approximate surface area is 89.6 Å². The number of nitrogens with zero attached hydrogens (tertiary/aromatic N) is 1. The summed E-state index contributed by atoms with van der Waals surface area (Å²) < 4.78 is 9.73. The Morgan fingerprint density at radius 2 is 1.93 bits per heavy atom. The molecule has 15 heavy (non-hydrogen) atoms. The quantitative estimate of drug-likeness (QED) is 0.522. The molecular weight excluding hydrogens is 198 g/mol. The van der Waals surface area contributed by atoms with Crippen molar-refractivity contribution >= 4 is 12.1 Å². The van der Waals surface area contributed by atoms with Gasteiger partial charge in [-0.05, 0) is 13.8 Å². The summed E-state index contributed by atoms with van der Waals surface area (Å²) in [4.78, 5) is 23.4. The molecule has 0 aliphatic carbocycles. The number of hydrogen-bond acceptors (Lipinski definition) is 4. The molecule has 0 aromatic rings. The summed E-state index contributed by atoms with van der Waals surface area (Å²) in [5, 5.41) is 0. The second-order valence-electron chi connectivity index (χ2n) is 3.47. The average molecular weight is 215 g/mol. The van der Waals surface area contributed by atoms with E-state index >= 15 is 0 Å². The Morgan fingerprint density at radius 1 is 1.40 bits per heavy atom. The van der Waals surface area contributed by atoms with Crippen LogP contribution in [0.4, 0.5) is 4.79 Å². The standard InChI is InChI=1S/C10H17NO4/c1-7(2)9(12)15-8(3)6-14-10(13)11(4)5/h8H,1,6H2,2-5H3. The van der Waals surface area contributed by atoms with Crippen molar-refractivity contribution < 1.29 is 19.1 Å². The van der Waals surface area contributed by atoms with Gasteiger partial charge in [0, 0.05) is 19.7 Å². The maximum atomic E-state index is 11.1. The third-order valence-corrected chi connectivity index (χ3v) is 1.46. The lowest BCUT2D eigenvalue weighted by Crippen LogP contribution is -2.28. The molecule has 5 heteroatoms. The molecule has 0 heterocycles.